The lowest BCUT2D eigenvalue weighted by molar-refractivity contribution is -0.141. The van der Waals surface area contributed by atoms with E-state index >= 15 is 0 Å². The van der Waals surface area contributed by atoms with Crippen LogP contribution in [0.25, 0.3) is 0 Å². The Labute approximate surface area is 99.6 Å². The van der Waals surface area contributed by atoms with Crippen molar-refractivity contribution < 1.29 is 19.4 Å². The fraction of sp³-hybridized carbons (Fsp3) is 0.333. The van der Waals surface area contributed by atoms with Gasteiger partial charge in [-0.25, -0.2) is 0 Å². The molecule has 0 aliphatic carbocycles. The van der Waals surface area contributed by atoms with E-state index in [2.05, 4.69) is 4.74 Å². The van der Waals surface area contributed by atoms with Crippen LogP contribution in [0.1, 0.15) is 15.9 Å². The minimum Gasteiger partial charge on any atom is -0.508 e. The van der Waals surface area contributed by atoms with E-state index < -0.39 is 5.97 Å². The maximum atomic E-state index is 11.9. The number of rotatable bonds is 3. The zero-order chi connectivity index (χ0) is 13.0. The number of carbonyl (C=O) groups is 2. The molecule has 5 nitrogen and oxygen atoms in total. The van der Waals surface area contributed by atoms with Gasteiger partial charge in [0.2, 0.25) is 0 Å². The van der Waals surface area contributed by atoms with Crippen LogP contribution < -0.4 is 0 Å². The van der Waals surface area contributed by atoms with E-state index in [4.69, 9.17) is 0 Å². The number of hydrogen-bond donors (Lipinski definition) is 1. The number of benzene rings is 1. The molecule has 1 amide bonds. The summed E-state index contributed by atoms with van der Waals surface area (Å²) < 4.78 is 4.47. The minimum absolute atomic E-state index is 0.0577. The van der Waals surface area contributed by atoms with E-state index in [1.807, 2.05) is 0 Å². The molecule has 92 valence electrons. The molecule has 0 bridgehead atoms. The van der Waals surface area contributed by atoms with Gasteiger partial charge in [0.25, 0.3) is 5.91 Å². The summed E-state index contributed by atoms with van der Waals surface area (Å²) in [5.74, 6) is -0.773. The fourth-order valence-electron chi connectivity index (χ4n) is 1.29. The molecule has 0 unspecified atom stereocenters. The standard InChI is InChI=1S/C12H15NO4/c1-8-4-5-9(6-10(8)14)12(16)13(2)7-11(15)17-3/h4-6,14H,7H2,1-3H3. The summed E-state index contributed by atoms with van der Waals surface area (Å²) in [7, 11) is 2.76. The zero-order valence-electron chi connectivity index (χ0n) is 10.1. The lowest BCUT2D eigenvalue weighted by Crippen LogP contribution is -2.32. The maximum absolute atomic E-state index is 11.9. The fourth-order valence-corrected chi connectivity index (χ4v) is 1.29. The summed E-state index contributed by atoms with van der Waals surface area (Å²) in [4.78, 5) is 24.1. The van der Waals surface area contributed by atoms with Gasteiger partial charge >= 0.3 is 5.97 Å². The van der Waals surface area contributed by atoms with E-state index in [0.717, 1.165) is 0 Å². The topological polar surface area (TPSA) is 66.8 Å². The third kappa shape index (κ3) is 3.21. The minimum atomic E-state index is -0.489. The monoisotopic (exact) mass is 237 g/mol. The number of esters is 1. The van der Waals surface area contributed by atoms with Crippen molar-refractivity contribution in [2.75, 3.05) is 20.7 Å². The zero-order valence-corrected chi connectivity index (χ0v) is 10.1. The molecule has 0 heterocycles. The lowest BCUT2D eigenvalue weighted by atomic mass is 10.1. The third-order valence-electron chi connectivity index (χ3n) is 2.40. The second-order valence-electron chi connectivity index (χ2n) is 3.74. The van der Waals surface area contributed by atoms with Crippen molar-refractivity contribution in [3.05, 3.63) is 29.3 Å². The molecule has 0 aliphatic rings. The van der Waals surface area contributed by atoms with Crippen LogP contribution in [0.15, 0.2) is 18.2 Å². The van der Waals surface area contributed by atoms with Crippen molar-refractivity contribution >= 4 is 11.9 Å². The highest BCUT2D eigenvalue weighted by atomic mass is 16.5. The van der Waals surface area contributed by atoms with Crippen molar-refractivity contribution in [2.24, 2.45) is 0 Å². The molecule has 0 atom stereocenters. The molecule has 0 fully saturated rings. The first-order chi connectivity index (χ1) is 7.95. The summed E-state index contributed by atoms with van der Waals surface area (Å²) in [6.45, 7) is 1.62. The third-order valence-corrected chi connectivity index (χ3v) is 2.40. The lowest BCUT2D eigenvalue weighted by Gasteiger charge is -2.15. The Kier molecular flexibility index (Phi) is 4.09. The highest BCUT2D eigenvalue weighted by Crippen LogP contribution is 2.18. The van der Waals surface area contributed by atoms with Crippen molar-refractivity contribution in [1.29, 1.82) is 0 Å². The Morgan fingerprint density at radius 1 is 1.41 bits per heavy atom. The first-order valence-electron chi connectivity index (χ1n) is 5.07. The molecule has 5 heteroatoms. The predicted molar refractivity (Wildman–Crippen MR) is 61.8 cm³/mol. The summed E-state index contributed by atoms with van der Waals surface area (Å²) in [5, 5.41) is 9.50. The molecule has 1 N–H and O–H groups in total. The van der Waals surface area contributed by atoms with Crippen molar-refractivity contribution in [3.8, 4) is 5.75 Å². The van der Waals surface area contributed by atoms with Gasteiger partial charge in [-0.15, -0.1) is 0 Å². The van der Waals surface area contributed by atoms with Crippen LogP contribution in [0.3, 0.4) is 0 Å². The first-order valence-corrected chi connectivity index (χ1v) is 5.07. The van der Waals surface area contributed by atoms with Crippen LogP contribution in [0.4, 0.5) is 0 Å². The van der Waals surface area contributed by atoms with Crippen LogP contribution >= 0.6 is 0 Å². The maximum Gasteiger partial charge on any atom is 0.325 e. The number of carbonyl (C=O) groups excluding carboxylic acids is 2. The van der Waals surface area contributed by atoms with E-state index in [9.17, 15) is 14.7 Å². The van der Waals surface area contributed by atoms with Crippen molar-refractivity contribution in [1.82, 2.24) is 4.90 Å². The smallest absolute Gasteiger partial charge is 0.325 e. The number of methoxy groups -OCH3 is 1. The number of aromatic hydroxyl groups is 1. The Morgan fingerprint density at radius 3 is 2.59 bits per heavy atom. The average molecular weight is 237 g/mol. The first kappa shape index (κ1) is 13.0. The van der Waals surface area contributed by atoms with Crippen molar-refractivity contribution in [2.45, 2.75) is 6.92 Å². The van der Waals surface area contributed by atoms with Gasteiger partial charge in [-0.1, -0.05) is 6.07 Å². The van der Waals surface area contributed by atoms with Gasteiger partial charge in [-0.3, -0.25) is 9.59 Å². The van der Waals surface area contributed by atoms with E-state index in [1.165, 1.54) is 25.1 Å². The molecule has 1 aromatic carbocycles. The molecule has 0 aromatic heterocycles. The normalized spacial score (nSPS) is 9.82. The van der Waals surface area contributed by atoms with Gasteiger partial charge in [-0.2, -0.15) is 0 Å². The van der Waals surface area contributed by atoms with Crippen LogP contribution in [0.2, 0.25) is 0 Å². The van der Waals surface area contributed by atoms with Crippen LogP contribution in [-0.4, -0.2) is 42.6 Å². The average Bonchev–Trinajstić information content (AvgIpc) is 2.31. The molecular weight excluding hydrogens is 222 g/mol. The SMILES string of the molecule is COC(=O)CN(C)C(=O)c1ccc(C)c(O)c1. The van der Waals surface area contributed by atoms with Crippen LogP contribution in [-0.2, 0) is 9.53 Å². The molecule has 0 aliphatic heterocycles. The Bertz CT molecular complexity index is 442. The Hall–Kier alpha value is -2.04. The molecule has 17 heavy (non-hydrogen) atoms. The molecule has 1 rings (SSSR count). The summed E-state index contributed by atoms with van der Waals surface area (Å²) in [6.07, 6.45) is 0. The Balaban J connectivity index is 2.81. The van der Waals surface area contributed by atoms with E-state index in [0.29, 0.717) is 11.1 Å². The van der Waals surface area contributed by atoms with Crippen LogP contribution in [0, 0.1) is 6.92 Å². The predicted octanol–water partition coefficient (Wildman–Crippen LogP) is 0.946. The second-order valence-corrected chi connectivity index (χ2v) is 3.74. The summed E-state index contributed by atoms with van der Waals surface area (Å²) in [6, 6.07) is 4.63. The number of nitrogens with zero attached hydrogens (tertiary/aromatic N) is 1. The van der Waals surface area contributed by atoms with Gasteiger partial charge in [0.05, 0.1) is 7.11 Å². The molecule has 1 aromatic rings. The molecule has 0 saturated heterocycles. The number of aryl methyl sites for hydroxylation is 1. The van der Waals surface area contributed by atoms with Gasteiger partial charge in [0.1, 0.15) is 12.3 Å². The quantitative estimate of drug-likeness (QED) is 0.795. The van der Waals surface area contributed by atoms with Crippen LogP contribution in [0.5, 0.6) is 5.75 Å². The second kappa shape index (κ2) is 5.34. The van der Waals surface area contributed by atoms with Gasteiger partial charge in [0, 0.05) is 12.6 Å². The van der Waals surface area contributed by atoms with Crippen molar-refractivity contribution in [3.63, 3.8) is 0 Å². The highest BCUT2D eigenvalue weighted by molar-refractivity contribution is 5.96. The van der Waals surface area contributed by atoms with E-state index in [1.54, 1.807) is 19.1 Å². The number of likely N-dealkylation sites (N-methyl/N-ethyl adjacent to an activating group) is 1. The summed E-state index contributed by atoms with van der Waals surface area (Å²) >= 11 is 0. The highest BCUT2D eigenvalue weighted by Gasteiger charge is 2.15. The number of phenols is 1. The summed E-state index contributed by atoms with van der Waals surface area (Å²) in [5.41, 5.74) is 1.02. The Morgan fingerprint density at radius 2 is 2.06 bits per heavy atom. The van der Waals surface area contributed by atoms with E-state index in [-0.39, 0.29) is 18.2 Å². The van der Waals surface area contributed by atoms with Gasteiger partial charge < -0.3 is 14.7 Å². The number of amides is 1. The molecule has 0 saturated carbocycles. The molecule has 0 spiro atoms. The number of ether oxygens (including phenoxy) is 1. The van der Waals surface area contributed by atoms with Gasteiger partial charge in [-0.05, 0) is 24.6 Å². The number of phenolic OH excluding ortho intramolecular Hbond substituents is 1. The van der Waals surface area contributed by atoms with Gasteiger partial charge in [0.15, 0.2) is 0 Å². The largest absolute Gasteiger partial charge is 0.508 e. The number of hydrogen-bond acceptors (Lipinski definition) is 4. The molecular formula is C12H15NO4. The molecule has 0 radical (unpaired) electrons.